The number of rotatable bonds is 2. The highest BCUT2D eigenvalue weighted by molar-refractivity contribution is 5.38. The lowest BCUT2D eigenvalue weighted by atomic mass is 9.87. The zero-order valence-electron chi connectivity index (χ0n) is 9.59. The molecule has 0 spiro atoms. The quantitative estimate of drug-likeness (QED) is 0.742. The second-order valence-corrected chi connectivity index (χ2v) is 4.14. The Bertz CT molecular complexity index is 428. The minimum absolute atomic E-state index is 0.344. The molecule has 0 amide bonds. The van der Waals surface area contributed by atoms with Crippen LogP contribution in [0.25, 0.3) is 0 Å². The highest BCUT2D eigenvalue weighted by Gasteiger charge is 2.19. The van der Waals surface area contributed by atoms with E-state index in [2.05, 4.69) is 17.2 Å². The predicted molar refractivity (Wildman–Crippen MR) is 65.2 cm³/mol. The van der Waals surface area contributed by atoms with Crippen molar-refractivity contribution < 1.29 is 5.11 Å². The van der Waals surface area contributed by atoms with E-state index in [0.717, 1.165) is 19.4 Å². The van der Waals surface area contributed by atoms with Gasteiger partial charge in [-0.1, -0.05) is 12.0 Å². The van der Waals surface area contributed by atoms with Crippen molar-refractivity contribution in [1.82, 2.24) is 5.32 Å². The van der Waals surface area contributed by atoms with E-state index in [1.54, 1.807) is 6.07 Å². The van der Waals surface area contributed by atoms with Gasteiger partial charge in [0.2, 0.25) is 0 Å². The monoisotopic (exact) mass is 215 g/mol. The smallest absolute Gasteiger partial charge is 0.115 e. The van der Waals surface area contributed by atoms with E-state index < -0.39 is 0 Å². The zero-order valence-corrected chi connectivity index (χ0v) is 9.59. The van der Waals surface area contributed by atoms with Gasteiger partial charge in [0.05, 0.1) is 6.54 Å². The average molecular weight is 215 g/mol. The minimum atomic E-state index is 0.344. The Kier molecular flexibility index (Phi) is 3.48. The largest absolute Gasteiger partial charge is 0.508 e. The van der Waals surface area contributed by atoms with Gasteiger partial charge in [-0.3, -0.25) is 5.32 Å². The van der Waals surface area contributed by atoms with E-state index >= 15 is 0 Å². The first kappa shape index (κ1) is 11.0. The Hall–Kier alpha value is -1.46. The highest BCUT2D eigenvalue weighted by Crippen LogP contribution is 2.31. The number of phenolic OH excluding ortho intramolecular Hbond substituents is 1. The molecule has 1 unspecified atom stereocenters. The van der Waals surface area contributed by atoms with Gasteiger partial charge >= 0.3 is 0 Å². The van der Waals surface area contributed by atoms with Crippen molar-refractivity contribution in [2.75, 3.05) is 6.54 Å². The molecule has 84 valence electrons. The van der Waals surface area contributed by atoms with Crippen LogP contribution in [-0.4, -0.2) is 11.7 Å². The second-order valence-electron chi connectivity index (χ2n) is 4.14. The van der Waals surface area contributed by atoms with Gasteiger partial charge < -0.3 is 5.11 Å². The number of aryl methyl sites for hydroxylation is 1. The van der Waals surface area contributed by atoms with Gasteiger partial charge in [0.1, 0.15) is 5.75 Å². The first-order valence-corrected chi connectivity index (χ1v) is 5.76. The molecule has 0 radical (unpaired) electrons. The molecule has 0 aromatic heterocycles. The number of hydrogen-bond acceptors (Lipinski definition) is 2. The molecule has 2 nitrogen and oxygen atoms in total. The Balaban J connectivity index is 2.17. The fourth-order valence-corrected chi connectivity index (χ4v) is 2.26. The van der Waals surface area contributed by atoms with Crippen molar-refractivity contribution in [2.45, 2.75) is 32.2 Å². The second kappa shape index (κ2) is 5.05. The highest BCUT2D eigenvalue weighted by atomic mass is 16.3. The number of aromatic hydroxyl groups is 1. The summed E-state index contributed by atoms with van der Waals surface area (Å²) in [5.41, 5.74) is 2.59. The Labute approximate surface area is 96.7 Å². The third kappa shape index (κ3) is 2.37. The van der Waals surface area contributed by atoms with Crippen LogP contribution in [0.15, 0.2) is 18.2 Å². The molecule has 0 saturated carbocycles. The summed E-state index contributed by atoms with van der Waals surface area (Å²) in [5.74, 6) is 6.25. The minimum Gasteiger partial charge on any atom is -0.508 e. The number of fused-ring (bicyclic) bond motifs is 1. The molecule has 1 aromatic rings. The van der Waals surface area contributed by atoms with Crippen LogP contribution in [0.2, 0.25) is 0 Å². The predicted octanol–water partition coefficient (Wildman–Crippen LogP) is 2.38. The molecule has 1 atom stereocenters. The van der Waals surface area contributed by atoms with E-state index in [0.29, 0.717) is 11.8 Å². The van der Waals surface area contributed by atoms with Crippen LogP contribution in [-0.2, 0) is 6.42 Å². The van der Waals surface area contributed by atoms with Crippen molar-refractivity contribution in [1.29, 1.82) is 0 Å². The summed E-state index contributed by atoms with van der Waals surface area (Å²) in [7, 11) is 0. The van der Waals surface area contributed by atoms with Crippen LogP contribution in [0.1, 0.15) is 36.9 Å². The summed E-state index contributed by atoms with van der Waals surface area (Å²) in [5, 5.41) is 12.9. The van der Waals surface area contributed by atoms with Crippen LogP contribution in [0.4, 0.5) is 0 Å². The van der Waals surface area contributed by atoms with Crippen molar-refractivity contribution in [3.8, 4) is 17.6 Å². The molecule has 16 heavy (non-hydrogen) atoms. The van der Waals surface area contributed by atoms with Crippen molar-refractivity contribution in [2.24, 2.45) is 0 Å². The van der Waals surface area contributed by atoms with Gasteiger partial charge in [-0.25, -0.2) is 0 Å². The van der Waals surface area contributed by atoms with Crippen LogP contribution in [0.5, 0.6) is 5.75 Å². The topological polar surface area (TPSA) is 32.3 Å². The first-order chi connectivity index (χ1) is 7.81. The molecule has 0 saturated heterocycles. The van der Waals surface area contributed by atoms with Crippen LogP contribution >= 0.6 is 0 Å². The number of nitrogens with one attached hydrogen (secondary N) is 1. The van der Waals surface area contributed by atoms with Crippen molar-refractivity contribution in [3.63, 3.8) is 0 Å². The SMILES string of the molecule is CC#CCNC1CCCc2ccc(O)cc21. The summed E-state index contributed by atoms with van der Waals surface area (Å²) in [6.07, 6.45) is 3.45. The number of phenols is 1. The molecule has 0 heterocycles. The van der Waals surface area contributed by atoms with Crippen LogP contribution in [0, 0.1) is 11.8 Å². The van der Waals surface area contributed by atoms with Gasteiger partial charge in [-0.2, -0.15) is 0 Å². The van der Waals surface area contributed by atoms with Crippen molar-refractivity contribution >= 4 is 0 Å². The summed E-state index contributed by atoms with van der Waals surface area (Å²) < 4.78 is 0. The van der Waals surface area contributed by atoms with E-state index in [4.69, 9.17) is 0 Å². The zero-order chi connectivity index (χ0) is 11.4. The van der Waals surface area contributed by atoms with Crippen LogP contribution in [0.3, 0.4) is 0 Å². The maximum atomic E-state index is 9.52. The van der Waals surface area contributed by atoms with E-state index in [1.165, 1.54) is 17.5 Å². The van der Waals surface area contributed by atoms with E-state index in [-0.39, 0.29) is 0 Å². The Morgan fingerprint density at radius 3 is 3.19 bits per heavy atom. The third-order valence-electron chi connectivity index (χ3n) is 3.06. The molecule has 2 N–H and O–H groups in total. The normalized spacial score (nSPS) is 18.4. The number of hydrogen-bond donors (Lipinski definition) is 2. The van der Waals surface area contributed by atoms with Gasteiger partial charge in [-0.05, 0) is 49.4 Å². The molecular weight excluding hydrogens is 198 g/mol. The number of benzene rings is 1. The summed E-state index contributed by atoms with van der Waals surface area (Å²) in [6, 6.07) is 6.03. The van der Waals surface area contributed by atoms with Crippen molar-refractivity contribution in [3.05, 3.63) is 29.3 Å². The molecule has 1 aromatic carbocycles. The van der Waals surface area contributed by atoms with Gasteiger partial charge in [-0.15, -0.1) is 5.92 Å². The summed E-state index contributed by atoms with van der Waals surface area (Å²) in [4.78, 5) is 0. The molecule has 0 bridgehead atoms. The van der Waals surface area contributed by atoms with Crippen LogP contribution < -0.4 is 5.32 Å². The molecular formula is C14H17NO. The lowest BCUT2D eigenvalue weighted by Crippen LogP contribution is -2.25. The third-order valence-corrected chi connectivity index (χ3v) is 3.06. The fraction of sp³-hybridized carbons (Fsp3) is 0.429. The van der Waals surface area contributed by atoms with E-state index in [9.17, 15) is 5.11 Å². The molecule has 2 rings (SSSR count). The average Bonchev–Trinajstić information content (AvgIpc) is 2.30. The maximum absolute atomic E-state index is 9.52. The standard InChI is InChI=1S/C14H17NO/c1-2-3-9-15-14-6-4-5-11-7-8-12(16)10-13(11)14/h7-8,10,14-16H,4-6,9H2,1H3. The maximum Gasteiger partial charge on any atom is 0.115 e. The van der Waals surface area contributed by atoms with Gasteiger partial charge in [0, 0.05) is 6.04 Å². The Morgan fingerprint density at radius 1 is 1.50 bits per heavy atom. The molecule has 1 aliphatic carbocycles. The summed E-state index contributed by atoms with van der Waals surface area (Å²) in [6.45, 7) is 2.57. The first-order valence-electron chi connectivity index (χ1n) is 5.76. The lowest BCUT2D eigenvalue weighted by molar-refractivity contribution is 0.458. The lowest BCUT2D eigenvalue weighted by Gasteiger charge is -2.26. The fourth-order valence-electron chi connectivity index (χ4n) is 2.26. The van der Waals surface area contributed by atoms with Gasteiger partial charge in [0.25, 0.3) is 0 Å². The molecule has 0 aliphatic heterocycles. The summed E-state index contributed by atoms with van der Waals surface area (Å²) >= 11 is 0. The van der Waals surface area contributed by atoms with Gasteiger partial charge in [0.15, 0.2) is 0 Å². The molecule has 0 fully saturated rings. The van der Waals surface area contributed by atoms with E-state index in [1.807, 2.05) is 19.1 Å². The molecule has 2 heteroatoms. The molecule has 1 aliphatic rings. The Morgan fingerprint density at radius 2 is 2.38 bits per heavy atom.